The molecule has 0 N–H and O–H groups in total. The predicted molar refractivity (Wildman–Crippen MR) is 80.3 cm³/mol. The van der Waals surface area contributed by atoms with Crippen molar-refractivity contribution in [3.8, 4) is 0 Å². The minimum Gasteiger partial charge on any atom is -0.347 e. The van der Waals surface area contributed by atoms with Crippen molar-refractivity contribution >= 4 is 22.5 Å². The second-order valence-corrected chi connectivity index (χ2v) is 5.52. The van der Waals surface area contributed by atoms with Crippen LogP contribution in [0.15, 0.2) is 30.5 Å². The van der Waals surface area contributed by atoms with Crippen LogP contribution in [0.25, 0.3) is 10.9 Å². The van der Waals surface area contributed by atoms with Crippen molar-refractivity contribution < 1.29 is 0 Å². The quantitative estimate of drug-likeness (QED) is 0.647. The minimum atomic E-state index is 0.788. The topological polar surface area (TPSA) is 4.93 Å². The van der Waals surface area contributed by atoms with E-state index in [4.69, 9.17) is 11.6 Å². The third kappa shape index (κ3) is 3.08. The molecule has 1 aromatic heterocycles. The lowest BCUT2D eigenvalue weighted by molar-refractivity contribution is 0.396. The van der Waals surface area contributed by atoms with Crippen molar-refractivity contribution in [3.63, 3.8) is 0 Å². The zero-order valence-electron chi connectivity index (χ0n) is 11.3. The maximum atomic E-state index is 6.02. The second kappa shape index (κ2) is 6.29. The smallest absolute Gasteiger partial charge is 0.0481 e. The molecule has 1 atom stereocenters. The van der Waals surface area contributed by atoms with Crippen molar-refractivity contribution in [1.29, 1.82) is 0 Å². The summed E-state index contributed by atoms with van der Waals surface area (Å²) in [5.74, 6) is 0.788. The molecule has 2 aromatic rings. The van der Waals surface area contributed by atoms with Crippen LogP contribution >= 0.6 is 11.6 Å². The first kappa shape index (κ1) is 13.5. The first-order valence-electron chi connectivity index (χ1n) is 6.99. The number of benzene rings is 1. The molecule has 18 heavy (non-hydrogen) atoms. The molecule has 0 bridgehead atoms. The van der Waals surface area contributed by atoms with Crippen molar-refractivity contribution in [3.05, 3.63) is 35.5 Å². The Kier molecular flexibility index (Phi) is 4.71. The van der Waals surface area contributed by atoms with Gasteiger partial charge in [0, 0.05) is 28.7 Å². The second-order valence-electron chi connectivity index (χ2n) is 5.09. The molecule has 0 aliphatic carbocycles. The van der Waals surface area contributed by atoms with E-state index in [2.05, 4.69) is 36.7 Å². The number of rotatable bonds is 6. The van der Waals surface area contributed by atoms with Gasteiger partial charge in [0.05, 0.1) is 0 Å². The van der Waals surface area contributed by atoms with Gasteiger partial charge < -0.3 is 4.57 Å². The molecular weight excluding hydrogens is 242 g/mol. The Hall–Kier alpha value is -0.950. The summed E-state index contributed by atoms with van der Waals surface area (Å²) in [6.45, 7) is 5.68. The summed E-state index contributed by atoms with van der Waals surface area (Å²) in [4.78, 5) is 0. The van der Waals surface area contributed by atoms with E-state index in [-0.39, 0.29) is 0 Å². The number of unbranched alkanes of at least 4 members (excludes halogenated alkanes) is 1. The summed E-state index contributed by atoms with van der Waals surface area (Å²) >= 11 is 6.02. The maximum absolute atomic E-state index is 6.02. The molecule has 0 saturated carbocycles. The lowest BCUT2D eigenvalue weighted by Gasteiger charge is -2.16. The average Bonchev–Trinajstić information content (AvgIpc) is 2.76. The highest BCUT2D eigenvalue weighted by Gasteiger charge is 2.09. The third-order valence-electron chi connectivity index (χ3n) is 3.73. The fourth-order valence-corrected chi connectivity index (χ4v) is 2.71. The molecule has 1 unspecified atom stereocenters. The Morgan fingerprint density at radius 3 is 2.78 bits per heavy atom. The van der Waals surface area contributed by atoms with Crippen LogP contribution in [0.1, 0.15) is 39.5 Å². The monoisotopic (exact) mass is 263 g/mol. The Bertz CT molecular complexity index is 501. The van der Waals surface area contributed by atoms with Crippen LogP contribution in [0, 0.1) is 5.92 Å². The zero-order chi connectivity index (χ0) is 13.0. The van der Waals surface area contributed by atoms with E-state index in [1.54, 1.807) is 0 Å². The van der Waals surface area contributed by atoms with E-state index in [0.717, 1.165) is 17.5 Å². The summed E-state index contributed by atoms with van der Waals surface area (Å²) in [5, 5.41) is 2.06. The van der Waals surface area contributed by atoms with Gasteiger partial charge >= 0.3 is 0 Å². The van der Waals surface area contributed by atoms with Gasteiger partial charge in [-0.05, 0) is 36.6 Å². The van der Waals surface area contributed by atoms with Gasteiger partial charge in [0.2, 0.25) is 0 Å². The van der Waals surface area contributed by atoms with Crippen LogP contribution in [0.3, 0.4) is 0 Å². The highest BCUT2D eigenvalue weighted by atomic mass is 35.5. The van der Waals surface area contributed by atoms with Crippen LogP contribution in [-0.4, -0.2) is 4.57 Å². The molecule has 0 aliphatic rings. The summed E-state index contributed by atoms with van der Waals surface area (Å²) in [7, 11) is 0. The molecule has 1 nitrogen and oxygen atoms in total. The van der Waals surface area contributed by atoms with Crippen LogP contribution in [-0.2, 0) is 6.54 Å². The average molecular weight is 264 g/mol. The van der Waals surface area contributed by atoms with Crippen LogP contribution in [0.5, 0.6) is 0 Å². The first-order chi connectivity index (χ1) is 8.74. The molecule has 98 valence electrons. The van der Waals surface area contributed by atoms with Gasteiger partial charge in [0.1, 0.15) is 0 Å². The van der Waals surface area contributed by atoms with Gasteiger partial charge in [0.25, 0.3) is 0 Å². The Labute approximate surface area is 115 Å². The summed E-state index contributed by atoms with van der Waals surface area (Å²) < 4.78 is 2.37. The van der Waals surface area contributed by atoms with Gasteiger partial charge in [-0.1, -0.05) is 44.7 Å². The van der Waals surface area contributed by atoms with E-state index >= 15 is 0 Å². The van der Waals surface area contributed by atoms with Crippen molar-refractivity contribution in [2.75, 3.05) is 0 Å². The number of halogens is 1. The molecule has 0 amide bonds. The number of hydrogen-bond acceptors (Lipinski definition) is 0. The normalized spacial score (nSPS) is 13.1. The van der Waals surface area contributed by atoms with Crippen LogP contribution in [0.2, 0.25) is 5.02 Å². The van der Waals surface area contributed by atoms with Crippen molar-refractivity contribution in [2.24, 2.45) is 5.92 Å². The molecule has 0 aliphatic heterocycles. The van der Waals surface area contributed by atoms with E-state index in [9.17, 15) is 0 Å². The molecule has 0 radical (unpaired) electrons. The first-order valence-corrected chi connectivity index (χ1v) is 7.36. The number of aromatic nitrogens is 1. The van der Waals surface area contributed by atoms with Gasteiger partial charge in [-0.25, -0.2) is 0 Å². The highest BCUT2D eigenvalue weighted by Crippen LogP contribution is 2.23. The Morgan fingerprint density at radius 1 is 1.22 bits per heavy atom. The molecule has 1 heterocycles. The highest BCUT2D eigenvalue weighted by molar-refractivity contribution is 6.31. The van der Waals surface area contributed by atoms with E-state index in [1.807, 2.05) is 12.1 Å². The third-order valence-corrected chi connectivity index (χ3v) is 3.97. The zero-order valence-corrected chi connectivity index (χ0v) is 12.1. The molecule has 1 aromatic carbocycles. The lowest BCUT2D eigenvalue weighted by atomic mass is 9.99. The predicted octanol–water partition coefficient (Wildman–Crippen LogP) is 5.51. The molecule has 2 heteroatoms. The van der Waals surface area contributed by atoms with Crippen LogP contribution < -0.4 is 0 Å². The Balaban J connectivity index is 2.15. The largest absolute Gasteiger partial charge is 0.347 e. The SMILES string of the molecule is CCCCC(CC)Cn1ccc2cc(Cl)ccc21. The lowest BCUT2D eigenvalue weighted by Crippen LogP contribution is -2.09. The Morgan fingerprint density at radius 2 is 2.06 bits per heavy atom. The molecule has 0 saturated heterocycles. The number of fused-ring (bicyclic) bond motifs is 1. The summed E-state index contributed by atoms with van der Waals surface area (Å²) in [6.07, 6.45) is 7.41. The van der Waals surface area contributed by atoms with E-state index < -0.39 is 0 Å². The number of nitrogens with zero attached hydrogens (tertiary/aromatic N) is 1. The molecule has 0 fully saturated rings. The standard InChI is InChI=1S/C16H22ClN/c1-3-5-6-13(4-2)12-18-10-9-14-11-15(17)7-8-16(14)18/h7-11,13H,3-6,12H2,1-2H3. The summed E-state index contributed by atoms with van der Waals surface area (Å²) in [5.41, 5.74) is 1.30. The van der Waals surface area contributed by atoms with Gasteiger partial charge in [-0.3, -0.25) is 0 Å². The van der Waals surface area contributed by atoms with Crippen molar-refractivity contribution in [1.82, 2.24) is 4.57 Å². The fourth-order valence-electron chi connectivity index (χ4n) is 2.53. The molecule has 2 rings (SSSR count). The van der Waals surface area contributed by atoms with Crippen molar-refractivity contribution in [2.45, 2.75) is 46.1 Å². The van der Waals surface area contributed by atoms with E-state index in [1.165, 1.54) is 36.6 Å². The van der Waals surface area contributed by atoms with Gasteiger partial charge in [-0.2, -0.15) is 0 Å². The van der Waals surface area contributed by atoms with E-state index in [0.29, 0.717) is 0 Å². The van der Waals surface area contributed by atoms with Gasteiger partial charge in [0.15, 0.2) is 0 Å². The minimum absolute atomic E-state index is 0.788. The maximum Gasteiger partial charge on any atom is 0.0481 e. The molecule has 0 spiro atoms. The fraction of sp³-hybridized carbons (Fsp3) is 0.500. The van der Waals surface area contributed by atoms with Gasteiger partial charge in [-0.15, -0.1) is 0 Å². The number of hydrogen-bond donors (Lipinski definition) is 0. The molecular formula is C16H22ClN. The summed E-state index contributed by atoms with van der Waals surface area (Å²) in [6, 6.07) is 8.31. The van der Waals surface area contributed by atoms with Crippen LogP contribution in [0.4, 0.5) is 0 Å².